The average molecular weight is 420 g/mol. The minimum atomic E-state index is -0.757. The molecule has 0 aliphatic heterocycles. The van der Waals surface area contributed by atoms with E-state index in [-0.39, 0.29) is 11.6 Å². The molecule has 1 aromatic heterocycles. The Morgan fingerprint density at radius 1 is 1.13 bits per heavy atom. The van der Waals surface area contributed by atoms with Gasteiger partial charge < -0.3 is 15.4 Å². The number of aliphatic carboxylic acids is 1. The molecule has 3 aromatic rings. The van der Waals surface area contributed by atoms with E-state index in [1.54, 1.807) is 0 Å². The minimum absolute atomic E-state index is 0.0300. The standard InChI is InChI=1S/C26H33N3O2/c1-29(2)26(20-8-4-3-5-9-20)16-14-21(15-17-26)28-24(25(30)31)13-12-19-18-27-23-11-7-6-10-22(19)23/h3-11,18,21,24,27-28H,12-17H2,1-2H3,(H,30,31). The lowest BCUT2D eigenvalue weighted by Gasteiger charge is -2.46. The summed E-state index contributed by atoms with van der Waals surface area (Å²) in [6.45, 7) is 0. The van der Waals surface area contributed by atoms with Crippen LogP contribution in [-0.2, 0) is 16.8 Å². The summed E-state index contributed by atoms with van der Waals surface area (Å²) in [7, 11) is 4.31. The van der Waals surface area contributed by atoms with Crippen LogP contribution in [0.25, 0.3) is 10.9 Å². The highest BCUT2D eigenvalue weighted by Crippen LogP contribution is 2.41. The fraction of sp³-hybridized carbons (Fsp3) is 0.423. The fourth-order valence-electron chi connectivity index (χ4n) is 5.21. The van der Waals surface area contributed by atoms with Crippen molar-refractivity contribution in [2.75, 3.05) is 14.1 Å². The van der Waals surface area contributed by atoms with E-state index in [4.69, 9.17) is 0 Å². The van der Waals surface area contributed by atoms with Crippen LogP contribution in [0.15, 0.2) is 60.8 Å². The first-order valence-electron chi connectivity index (χ1n) is 11.3. The zero-order valence-electron chi connectivity index (χ0n) is 18.5. The molecule has 2 aromatic carbocycles. The van der Waals surface area contributed by atoms with Crippen LogP contribution in [0.5, 0.6) is 0 Å². The van der Waals surface area contributed by atoms with Gasteiger partial charge in [-0.1, -0.05) is 48.5 Å². The largest absolute Gasteiger partial charge is 0.480 e. The molecule has 1 saturated carbocycles. The van der Waals surface area contributed by atoms with Gasteiger partial charge in [0.05, 0.1) is 0 Å². The van der Waals surface area contributed by atoms with Crippen molar-refractivity contribution in [2.45, 2.75) is 56.1 Å². The molecule has 0 spiro atoms. The van der Waals surface area contributed by atoms with Gasteiger partial charge in [-0.3, -0.25) is 9.69 Å². The van der Waals surface area contributed by atoms with Crippen molar-refractivity contribution in [3.8, 4) is 0 Å². The molecule has 31 heavy (non-hydrogen) atoms. The van der Waals surface area contributed by atoms with E-state index in [0.29, 0.717) is 6.42 Å². The van der Waals surface area contributed by atoms with Gasteiger partial charge >= 0.3 is 5.97 Å². The molecule has 1 fully saturated rings. The molecule has 0 saturated heterocycles. The Morgan fingerprint density at radius 3 is 2.48 bits per heavy atom. The Balaban J connectivity index is 1.39. The Bertz CT molecular complexity index is 1000. The van der Waals surface area contributed by atoms with Crippen molar-refractivity contribution in [3.63, 3.8) is 0 Å². The van der Waals surface area contributed by atoms with Crippen LogP contribution in [0.1, 0.15) is 43.2 Å². The number of carboxylic acid groups (broad SMARTS) is 1. The van der Waals surface area contributed by atoms with Gasteiger partial charge in [-0.25, -0.2) is 0 Å². The van der Waals surface area contributed by atoms with Gasteiger partial charge in [0.25, 0.3) is 0 Å². The van der Waals surface area contributed by atoms with Gasteiger partial charge in [-0.15, -0.1) is 0 Å². The lowest BCUT2D eigenvalue weighted by molar-refractivity contribution is -0.140. The van der Waals surface area contributed by atoms with Gasteiger partial charge in [0.1, 0.15) is 6.04 Å². The molecular formula is C26H33N3O2. The second kappa shape index (κ2) is 9.25. The second-order valence-corrected chi connectivity index (χ2v) is 9.02. The van der Waals surface area contributed by atoms with E-state index >= 15 is 0 Å². The first-order chi connectivity index (χ1) is 15.0. The molecule has 1 unspecified atom stereocenters. The van der Waals surface area contributed by atoms with E-state index < -0.39 is 12.0 Å². The van der Waals surface area contributed by atoms with Crippen molar-refractivity contribution in [2.24, 2.45) is 0 Å². The van der Waals surface area contributed by atoms with Crippen molar-refractivity contribution >= 4 is 16.9 Å². The predicted molar refractivity (Wildman–Crippen MR) is 125 cm³/mol. The first kappa shape index (κ1) is 21.6. The Kier molecular flexibility index (Phi) is 6.44. The predicted octanol–water partition coefficient (Wildman–Crippen LogP) is 4.54. The first-order valence-corrected chi connectivity index (χ1v) is 11.3. The second-order valence-electron chi connectivity index (χ2n) is 9.02. The summed E-state index contributed by atoms with van der Waals surface area (Å²) < 4.78 is 0. The molecule has 5 nitrogen and oxygen atoms in total. The summed E-state index contributed by atoms with van der Waals surface area (Å²) in [4.78, 5) is 17.6. The van der Waals surface area contributed by atoms with Crippen LogP contribution >= 0.6 is 0 Å². The number of hydrogen-bond acceptors (Lipinski definition) is 3. The molecule has 1 heterocycles. The van der Waals surface area contributed by atoms with Crippen molar-refractivity contribution in [3.05, 3.63) is 71.9 Å². The molecule has 0 amide bonds. The number of nitrogens with one attached hydrogen (secondary N) is 2. The van der Waals surface area contributed by atoms with E-state index in [1.807, 2.05) is 18.3 Å². The maximum Gasteiger partial charge on any atom is 0.320 e. The molecule has 5 heteroatoms. The van der Waals surface area contributed by atoms with Crippen molar-refractivity contribution in [1.82, 2.24) is 15.2 Å². The van der Waals surface area contributed by atoms with Crippen molar-refractivity contribution in [1.29, 1.82) is 0 Å². The number of rotatable bonds is 8. The normalized spacial score (nSPS) is 22.6. The third kappa shape index (κ3) is 4.53. The zero-order valence-corrected chi connectivity index (χ0v) is 18.5. The highest BCUT2D eigenvalue weighted by atomic mass is 16.4. The average Bonchev–Trinajstić information content (AvgIpc) is 3.20. The summed E-state index contributed by atoms with van der Waals surface area (Å²) in [6, 6.07) is 18.6. The number of H-pyrrole nitrogens is 1. The van der Waals surface area contributed by atoms with Gasteiger partial charge in [0, 0.05) is 28.7 Å². The van der Waals surface area contributed by atoms with E-state index in [2.05, 4.69) is 71.8 Å². The van der Waals surface area contributed by atoms with Crippen LogP contribution in [0.2, 0.25) is 0 Å². The summed E-state index contributed by atoms with van der Waals surface area (Å²) in [5.41, 5.74) is 3.67. The molecule has 4 rings (SSSR count). The number of fused-ring (bicyclic) bond motifs is 1. The monoisotopic (exact) mass is 419 g/mol. The van der Waals surface area contributed by atoms with Gasteiger partial charge in [0.2, 0.25) is 0 Å². The number of carboxylic acids is 1. The number of aromatic amines is 1. The topological polar surface area (TPSA) is 68.4 Å². The number of carbonyl (C=O) groups is 1. The molecule has 1 aliphatic carbocycles. The molecule has 1 aliphatic rings. The fourth-order valence-corrected chi connectivity index (χ4v) is 5.21. The van der Waals surface area contributed by atoms with Crippen LogP contribution in [0.3, 0.4) is 0 Å². The SMILES string of the molecule is CN(C)C1(c2ccccc2)CCC(NC(CCc2c[nH]c3ccccc23)C(=O)O)CC1. The summed E-state index contributed by atoms with van der Waals surface area (Å²) >= 11 is 0. The quantitative estimate of drug-likeness (QED) is 0.501. The summed E-state index contributed by atoms with van der Waals surface area (Å²) in [5, 5.41) is 14.5. The zero-order chi connectivity index (χ0) is 21.8. The Labute approximate surface area is 184 Å². The number of hydrogen-bond donors (Lipinski definition) is 3. The number of para-hydroxylation sites is 1. The Morgan fingerprint density at radius 2 is 1.81 bits per heavy atom. The van der Waals surface area contributed by atoms with Crippen LogP contribution in [-0.4, -0.2) is 47.1 Å². The third-order valence-electron chi connectivity index (χ3n) is 7.09. The lowest BCUT2D eigenvalue weighted by atomic mass is 9.74. The van der Waals surface area contributed by atoms with E-state index in [9.17, 15) is 9.90 Å². The number of aromatic nitrogens is 1. The smallest absolute Gasteiger partial charge is 0.320 e. The number of benzene rings is 2. The van der Waals surface area contributed by atoms with Crippen LogP contribution in [0, 0.1) is 0 Å². The minimum Gasteiger partial charge on any atom is -0.480 e. The summed E-state index contributed by atoms with van der Waals surface area (Å²) in [6.07, 6.45) is 7.34. The third-order valence-corrected chi connectivity index (χ3v) is 7.09. The van der Waals surface area contributed by atoms with Gasteiger partial charge in [-0.05, 0) is 69.8 Å². The Hall–Kier alpha value is -2.63. The van der Waals surface area contributed by atoms with Gasteiger partial charge in [0.15, 0.2) is 0 Å². The maximum atomic E-state index is 12.0. The maximum absolute atomic E-state index is 12.0. The van der Waals surface area contributed by atoms with Crippen molar-refractivity contribution < 1.29 is 9.90 Å². The number of aryl methyl sites for hydroxylation is 1. The molecule has 0 radical (unpaired) electrons. The molecule has 0 bridgehead atoms. The molecular weight excluding hydrogens is 386 g/mol. The molecule has 164 valence electrons. The highest BCUT2D eigenvalue weighted by Gasteiger charge is 2.39. The van der Waals surface area contributed by atoms with Crippen LogP contribution in [0.4, 0.5) is 0 Å². The molecule has 1 atom stereocenters. The van der Waals surface area contributed by atoms with Gasteiger partial charge in [-0.2, -0.15) is 0 Å². The molecule has 3 N–H and O–H groups in total. The van der Waals surface area contributed by atoms with E-state index in [1.165, 1.54) is 16.5 Å². The van der Waals surface area contributed by atoms with E-state index in [0.717, 1.165) is 37.6 Å². The number of nitrogens with zero attached hydrogens (tertiary/aromatic N) is 1. The highest BCUT2D eigenvalue weighted by molar-refractivity contribution is 5.83. The lowest BCUT2D eigenvalue weighted by Crippen LogP contribution is -2.50. The summed E-state index contributed by atoms with van der Waals surface area (Å²) in [5.74, 6) is -0.757. The van der Waals surface area contributed by atoms with Crippen LogP contribution < -0.4 is 5.32 Å².